The van der Waals surface area contributed by atoms with Crippen molar-refractivity contribution in [2.45, 2.75) is 19.8 Å². The number of amides is 2. The van der Waals surface area contributed by atoms with Crippen LogP contribution < -0.4 is 10.6 Å². The van der Waals surface area contributed by atoms with Crippen LogP contribution >= 0.6 is 11.6 Å². The largest absolute Gasteiger partial charge is 0.465 e. The molecule has 0 spiro atoms. The second-order valence-electron chi connectivity index (χ2n) is 6.83. The fourth-order valence-electron chi connectivity index (χ4n) is 2.93. The summed E-state index contributed by atoms with van der Waals surface area (Å²) in [5.41, 5.74) is 2.62. The molecule has 2 aromatic carbocycles. The Morgan fingerprint density at radius 1 is 1.03 bits per heavy atom. The molecule has 0 aliphatic rings. The van der Waals surface area contributed by atoms with Gasteiger partial charge in [0.05, 0.1) is 6.26 Å². The summed E-state index contributed by atoms with van der Waals surface area (Å²) in [5, 5.41) is 6.27. The average molecular weight is 423 g/mol. The third-order valence-corrected chi connectivity index (χ3v) is 4.81. The molecule has 0 atom stereocenters. The lowest BCUT2D eigenvalue weighted by atomic mass is 10.1. The fraction of sp³-hybridized carbons (Fsp3) is 0.167. The third kappa shape index (κ3) is 6.09. The number of halogens is 1. The molecule has 0 aliphatic carbocycles. The van der Waals surface area contributed by atoms with Crippen molar-refractivity contribution >= 4 is 29.5 Å². The van der Waals surface area contributed by atoms with Gasteiger partial charge in [0.15, 0.2) is 0 Å². The second kappa shape index (κ2) is 10.5. The first-order chi connectivity index (χ1) is 14.5. The fourth-order valence-corrected chi connectivity index (χ4v) is 3.06. The van der Waals surface area contributed by atoms with Crippen LogP contribution in [0.15, 0.2) is 77.0 Å². The van der Waals surface area contributed by atoms with E-state index < -0.39 is 0 Å². The summed E-state index contributed by atoms with van der Waals surface area (Å²) in [5.74, 6) is -0.238. The van der Waals surface area contributed by atoms with Crippen LogP contribution in [0.5, 0.6) is 0 Å². The molecular formula is C24H23ClN2O3. The van der Waals surface area contributed by atoms with Crippen molar-refractivity contribution in [2.75, 3.05) is 6.54 Å². The smallest absolute Gasteiger partial charge is 0.267 e. The molecule has 0 saturated carbocycles. The number of nitrogens with one attached hydrogen (secondary N) is 2. The van der Waals surface area contributed by atoms with Crippen LogP contribution in [0.2, 0.25) is 5.02 Å². The highest BCUT2D eigenvalue weighted by Gasteiger charge is 2.16. The van der Waals surface area contributed by atoms with Crippen molar-refractivity contribution in [2.24, 2.45) is 0 Å². The van der Waals surface area contributed by atoms with Gasteiger partial charge in [-0.3, -0.25) is 9.59 Å². The maximum atomic E-state index is 12.7. The minimum absolute atomic E-state index is 0.129. The predicted octanol–water partition coefficient (Wildman–Crippen LogP) is 4.76. The van der Waals surface area contributed by atoms with E-state index >= 15 is 0 Å². The normalized spacial score (nSPS) is 11.2. The number of hydrogen-bond donors (Lipinski definition) is 2. The number of aryl methyl sites for hydroxylation is 2. The number of rotatable bonds is 8. The molecule has 2 N–H and O–H groups in total. The van der Waals surface area contributed by atoms with Gasteiger partial charge in [0, 0.05) is 23.2 Å². The summed E-state index contributed by atoms with van der Waals surface area (Å²) >= 11 is 5.90. The minimum Gasteiger partial charge on any atom is -0.465 e. The molecule has 0 saturated heterocycles. The van der Waals surface area contributed by atoms with Crippen molar-refractivity contribution in [3.8, 4) is 0 Å². The quantitative estimate of drug-likeness (QED) is 0.406. The summed E-state index contributed by atoms with van der Waals surface area (Å²) < 4.78 is 5.30. The Morgan fingerprint density at radius 3 is 2.50 bits per heavy atom. The number of carbonyl (C=O) groups excluding carboxylic acids is 2. The molecule has 5 nitrogen and oxygen atoms in total. The highest BCUT2D eigenvalue weighted by Crippen LogP contribution is 2.12. The van der Waals surface area contributed by atoms with E-state index in [-0.39, 0.29) is 17.5 Å². The van der Waals surface area contributed by atoms with E-state index in [1.165, 1.54) is 12.3 Å². The van der Waals surface area contributed by atoms with Crippen molar-refractivity contribution in [3.05, 3.63) is 100 Å². The number of benzene rings is 2. The van der Waals surface area contributed by atoms with Crippen LogP contribution in [0.3, 0.4) is 0 Å². The summed E-state index contributed by atoms with van der Waals surface area (Å²) in [6.45, 7) is 2.32. The summed E-state index contributed by atoms with van der Waals surface area (Å²) in [6.07, 6.45) is 4.60. The SMILES string of the molecule is Cc1ccccc1C(=O)N/C(=C\c1ccco1)C(=O)NCCCc1ccc(Cl)cc1. The van der Waals surface area contributed by atoms with Crippen LogP contribution in [0.25, 0.3) is 6.08 Å². The van der Waals surface area contributed by atoms with Gasteiger partial charge >= 0.3 is 0 Å². The van der Waals surface area contributed by atoms with Crippen LogP contribution in [0.4, 0.5) is 0 Å². The van der Waals surface area contributed by atoms with Gasteiger partial charge in [0.25, 0.3) is 11.8 Å². The average Bonchev–Trinajstić information content (AvgIpc) is 3.25. The zero-order chi connectivity index (χ0) is 21.3. The molecular weight excluding hydrogens is 400 g/mol. The number of hydrogen-bond acceptors (Lipinski definition) is 3. The first-order valence-corrected chi connectivity index (χ1v) is 10.1. The van der Waals surface area contributed by atoms with Gasteiger partial charge in [-0.1, -0.05) is 41.9 Å². The number of carbonyl (C=O) groups is 2. The van der Waals surface area contributed by atoms with E-state index in [1.54, 1.807) is 24.3 Å². The molecule has 0 radical (unpaired) electrons. The standard InChI is InChI=1S/C24H23ClN2O3/c1-17-6-2-3-9-21(17)23(28)27-22(16-20-8-5-15-30-20)24(29)26-14-4-7-18-10-12-19(25)13-11-18/h2-3,5-6,8-13,15-16H,4,7,14H2,1H3,(H,26,29)(H,27,28)/b22-16-. The Balaban J connectivity index is 1.63. The molecule has 0 aliphatic heterocycles. The summed E-state index contributed by atoms with van der Waals surface area (Å²) in [7, 11) is 0. The van der Waals surface area contributed by atoms with Crippen LogP contribution in [0, 0.1) is 6.92 Å². The molecule has 3 aromatic rings. The lowest BCUT2D eigenvalue weighted by Crippen LogP contribution is -2.35. The molecule has 0 fully saturated rings. The van der Waals surface area contributed by atoms with Gasteiger partial charge in [0.2, 0.25) is 0 Å². The Kier molecular flexibility index (Phi) is 7.46. The summed E-state index contributed by atoms with van der Waals surface area (Å²) in [6, 6.07) is 18.3. The zero-order valence-electron chi connectivity index (χ0n) is 16.7. The molecule has 0 bridgehead atoms. The molecule has 1 aromatic heterocycles. The maximum absolute atomic E-state index is 12.7. The predicted molar refractivity (Wildman–Crippen MR) is 118 cm³/mol. The van der Waals surface area contributed by atoms with E-state index in [1.807, 2.05) is 43.3 Å². The van der Waals surface area contributed by atoms with Gasteiger partial charge in [-0.2, -0.15) is 0 Å². The van der Waals surface area contributed by atoms with E-state index in [2.05, 4.69) is 10.6 Å². The van der Waals surface area contributed by atoms with Crippen LogP contribution in [0.1, 0.15) is 33.7 Å². The highest BCUT2D eigenvalue weighted by molar-refractivity contribution is 6.30. The first-order valence-electron chi connectivity index (χ1n) is 9.68. The first kappa shape index (κ1) is 21.4. The van der Waals surface area contributed by atoms with Gasteiger partial charge in [-0.15, -0.1) is 0 Å². The minimum atomic E-state index is -0.371. The molecule has 2 amide bonds. The van der Waals surface area contributed by atoms with E-state index in [0.29, 0.717) is 22.9 Å². The Bertz CT molecular complexity index is 1020. The Labute approximate surface area is 180 Å². The lowest BCUT2D eigenvalue weighted by Gasteiger charge is -2.12. The topological polar surface area (TPSA) is 71.3 Å². The molecule has 154 valence electrons. The highest BCUT2D eigenvalue weighted by atomic mass is 35.5. The maximum Gasteiger partial charge on any atom is 0.267 e. The van der Waals surface area contributed by atoms with Crippen molar-refractivity contribution < 1.29 is 14.0 Å². The van der Waals surface area contributed by atoms with Crippen molar-refractivity contribution in [3.63, 3.8) is 0 Å². The van der Waals surface area contributed by atoms with Crippen LogP contribution in [-0.4, -0.2) is 18.4 Å². The molecule has 0 unspecified atom stereocenters. The van der Waals surface area contributed by atoms with Crippen molar-refractivity contribution in [1.29, 1.82) is 0 Å². The summed E-state index contributed by atoms with van der Waals surface area (Å²) in [4.78, 5) is 25.4. The number of furan rings is 1. The monoisotopic (exact) mass is 422 g/mol. The lowest BCUT2D eigenvalue weighted by molar-refractivity contribution is -0.117. The van der Waals surface area contributed by atoms with Crippen molar-refractivity contribution in [1.82, 2.24) is 10.6 Å². The third-order valence-electron chi connectivity index (χ3n) is 4.55. The van der Waals surface area contributed by atoms with E-state index in [0.717, 1.165) is 24.0 Å². The molecule has 30 heavy (non-hydrogen) atoms. The van der Waals surface area contributed by atoms with Gasteiger partial charge < -0.3 is 15.1 Å². The van der Waals surface area contributed by atoms with Gasteiger partial charge in [-0.25, -0.2) is 0 Å². The van der Waals surface area contributed by atoms with E-state index in [9.17, 15) is 9.59 Å². The molecule has 6 heteroatoms. The van der Waals surface area contributed by atoms with Gasteiger partial charge in [-0.05, 0) is 61.2 Å². The van der Waals surface area contributed by atoms with E-state index in [4.69, 9.17) is 16.0 Å². The molecule has 3 rings (SSSR count). The second-order valence-corrected chi connectivity index (χ2v) is 7.26. The van der Waals surface area contributed by atoms with Crippen LogP contribution in [-0.2, 0) is 11.2 Å². The van der Waals surface area contributed by atoms with Gasteiger partial charge in [0.1, 0.15) is 11.5 Å². The Hall–Kier alpha value is -3.31. The zero-order valence-corrected chi connectivity index (χ0v) is 17.4. The Morgan fingerprint density at radius 2 is 1.80 bits per heavy atom. The molecule has 1 heterocycles.